The zero-order valence-electron chi connectivity index (χ0n) is 12.6. The predicted octanol–water partition coefficient (Wildman–Crippen LogP) is 2.99. The first-order valence-electron chi connectivity index (χ1n) is 7.36. The molecule has 0 radical (unpaired) electrons. The van der Waals surface area contributed by atoms with E-state index in [4.69, 9.17) is 0 Å². The normalized spacial score (nSPS) is 25.4. The van der Waals surface area contributed by atoms with Crippen molar-refractivity contribution in [2.75, 3.05) is 24.2 Å². The van der Waals surface area contributed by atoms with Gasteiger partial charge in [0.25, 0.3) is 0 Å². The van der Waals surface area contributed by atoms with E-state index in [0.29, 0.717) is 23.8 Å². The SMILES string of the molecule is CNc1cccc(NCC2(O)CCC(C)CC2)c1[N+](=O)[O-]. The van der Waals surface area contributed by atoms with Gasteiger partial charge in [0.05, 0.1) is 10.5 Å². The number of nitro groups is 1. The number of hydrogen-bond donors (Lipinski definition) is 3. The highest BCUT2D eigenvalue weighted by atomic mass is 16.6. The molecule has 1 aliphatic carbocycles. The summed E-state index contributed by atoms with van der Waals surface area (Å²) >= 11 is 0. The van der Waals surface area contributed by atoms with Crippen LogP contribution < -0.4 is 10.6 Å². The Morgan fingerprint density at radius 1 is 1.38 bits per heavy atom. The maximum absolute atomic E-state index is 11.2. The molecule has 0 aromatic heterocycles. The number of nitro benzene ring substituents is 1. The summed E-state index contributed by atoms with van der Waals surface area (Å²) in [5.74, 6) is 0.646. The van der Waals surface area contributed by atoms with Crippen LogP contribution >= 0.6 is 0 Å². The summed E-state index contributed by atoms with van der Waals surface area (Å²) in [6.07, 6.45) is 3.47. The van der Waals surface area contributed by atoms with E-state index in [9.17, 15) is 15.2 Å². The maximum Gasteiger partial charge on any atom is 0.315 e. The molecule has 1 saturated carbocycles. The average molecular weight is 293 g/mol. The van der Waals surface area contributed by atoms with Gasteiger partial charge < -0.3 is 15.7 Å². The van der Waals surface area contributed by atoms with Crippen LogP contribution in [0.15, 0.2) is 18.2 Å². The molecule has 2 rings (SSSR count). The van der Waals surface area contributed by atoms with E-state index in [-0.39, 0.29) is 5.69 Å². The van der Waals surface area contributed by atoms with Crippen molar-refractivity contribution in [3.63, 3.8) is 0 Å². The zero-order valence-corrected chi connectivity index (χ0v) is 12.6. The molecule has 0 bridgehead atoms. The van der Waals surface area contributed by atoms with Crippen LogP contribution in [0.25, 0.3) is 0 Å². The molecule has 116 valence electrons. The van der Waals surface area contributed by atoms with E-state index < -0.39 is 10.5 Å². The topological polar surface area (TPSA) is 87.4 Å². The number of nitrogens with zero attached hydrogens (tertiary/aromatic N) is 1. The molecule has 1 aliphatic rings. The van der Waals surface area contributed by atoms with E-state index in [1.165, 1.54) is 0 Å². The van der Waals surface area contributed by atoms with Crippen molar-refractivity contribution in [2.45, 2.75) is 38.2 Å². The number of rotatable bonds is 5. The summed E-state index contributed by atoms with van der Waals surface area (Å²) in [5, 5.41) is 27.7. The highest BCUT2D eigenvalue weighted by molar-refractivity contribution is 5.76. The molecule has 0 heterocycles. The van der Waals surface area contributed by atoms with Gasteiger partial charge in [0.15, 0.2) is 0 Å². The Morgan fingerprint density at radius 3 is 2.57 bits per heavy atom. The third-order valence-electron chi connectivity index (χ3n) is 4.30. The molecule has 1 aromatic carbocycles. The Labute approximate surface area is 124 Å². The summed E-state index contributed by atoms with van der Waals surface area (Å²) in [7, 11) is 1.65. The highest BCUT2D eigenvalue weighted by Gasteiger charge is 2.32. The molecular formula is C15H23N3O3. The van der Waals surface area contributed by atoms with Crippen LogP contribution in [0.1, 0.15) is 32.6 Å². The van der Waals surface area contributed by atoms with Crippen molar-refractivity contribution in [2.24, 2.45) is 5.92 Å². The summed E-state index contributed by atoms with van der Waals surface area (Å²) in [5.41, 5.74) is 0.164. The van der Waals surface area contributed by atoms with Gasteiger partial charge in [-0.1, -0.05) is 13.0 Å². The maximum atomic E-state index is 11.2. The molecule has 21 heavy (non-hydrogen) atoms. The number of para-hydroxylation sites is 1. The Kier molecular flexibility index (Phi) is 4.67. The van der Waals surface area contributed by atoms with Crippen LogP contribution in [0.3, 0.4) is 0 Å². The first-order valence-corrected chi connectivity index (χ1v) is 7.36. The predicted molar refractivity (Wildman–Crippen MR) is 83.7 cm³/mol. The molecule has 0 spiro atoms. The lowest BCUT2D eigenvalue weighted by Gasteiger charge is -2.35. The van der Waals surface area contributed by atoms with E-state index in [0.717, 1.165) is 25.7 Å². The van der Waals surface area contributed by atoms with Gasteiger partial charge >= 0.3 is 5.69 Å². The average Bonchev–Trinajstić information content (AvgIpc) is 2.48. The molecule has 6 heteroatoms. The fourth-order valence-electron chi connectivity index (χ4n) is 2.82. The number of nitrogens with one attached hydrogen (secondary N) is 2. The van der Waals surface area contributed by atoms with Crippen LogP contribution in [-0.2, 0) is 0 Å². The smallest absolute Gasteiger partial charge is 0.315 e. The van der Waals surface area contributed by atoms with Gasteiger partial charge in [-0.05, 0) is 43.7 Å². The van der Waals surface area contributed by atoms with Crippen molar-refractivity contribution in [1.82, 2.24) is 0 Å². The van der Waals surface area contributed by atoms with Crippen molar-refractivity contribution in [1.29, 1.82) is 0 Å². The standard InChI is InChI=1S/C15H23N3O3/c1-11-6-8-15(19,9-7-11)10-17-13-5-3-4-12(16-2)14(13)18(20)21/h3-5,11,16-17,19H,6-10H2,1-2H3. The summed E-state index contributed by atoms with van der Waals surface area (Å²) < 4.78 is 0. The lowest BCUT2D eigenvalue weighted by atomic mass is 9.79. The molecule has 6 nitrogen and oxygen atoms in total. The van der Waals surface area contributed by atoms with E-state index in [2.05, 4.69) is 17.6 Å². The molecule has 3 N–H and O–H groups in total. The van der Waals surface area contributed by atoms with Gasteiger partial charge in [-0.15, -0.1) is 0 Å². The number of benzene rings is 1. The second-order valence-electron chi connectivity index (χ2n) is 5.97. The van der Waals surface area contributed by atoms with Crippen molar-refractivity contribution < 1.29 is 10.0 Å². The minimum atomic E-state index is -0.768. The molecule has 0 atom stereocenters. The minimum Gasteiger partial charge on any atom is -0.388 e. The summed E-state index contributed by atoms with van der Waals surface area (Å²) in [4.78, 5) is 10.8. The van der Waals surface area contributed by atoms with Crippen molar-refractivity contribution >= 4 is 17.1 Å². The van der Waals surface area contributed by atoms with E-state index in [1.807, 2.05) is 0 Å². The first-order chi connectivity index (χ1) is 9.95. The Morgan fingerprint density at radius 2 is 2.00 bits per heavy atom. The monoisotopic (exact) mass is 293 g/mol. The van der Waals surface area contributed by atoms with Crippen LogP contribution in [0.4, 0.5) is 17.1 Å². The van der Waals surface area contributed by atoms with Gasteiger partial charge in [-0.3, -0.25) is 10.1 Å². The van der Waals surface area contributed by atoms with Gasteiger partial charge in [0.1, 0.15) is 11.4 Å². The Balaban J connectivity index is 2.11. The first kappa shape index (κ1) is 15.6. The van der Waals surface area contributed by atoms with E-state index >= 15 is 0 Å². The van der Waals surface area contributed by atoms with Crippen LogP contribution in [-0.4, -0.2) is 29.2 Å². The van der Waals surface area contributed by atoms with Gasteiger partial charge in [0, 0.05) is 13.6 Å². The third-order valence-corrected chi connectivity index (χ3v) is 4.30. The molecule has 0 amide bonds. The molecule has 0 unspecified atom stereocenters. The van der Waals surface area contributed by atoms with Crippen molar-refractivity contribution in [3.8, 4) is 0 Å². The number of aliphatic hydroxyl groups is 1. The van der Waals surface area contributed by atoms with Gasteiger partial charge in [-0.25, -0.2) is 0 Å². The number of hydrogen-bond acceptors (Lipinski definition) is 5. The second-order valence-corrected chi connectivity index (χ2v) is 5.97. The largest absolute Gasteiger partial charge is 0.388 e. The zero-order chi connectivity index (χ0) is 15.5. The lowest BCUT2D eigenvalue weighted by molar-refractivity contribution is -0.383. The van der Waals surface area contributed by atoms with Gasteiger partial charge in [-0.2, -0.15) is 0 Å². The molecular weight excluding hydrogens is 270 g/mol. The highest BCUT2D eigenvalue weighted by Crippen LogP contribution is 2.35. The summed E-state index contributed by atoms with van der Waals surface area (Å²) in [6.45, 7) is 2.53. The lowest BCUT2D eigenvalue weighted by Crippen LogP contribution is -2.40. The molecule has 0 saturated heterocycles. The molecule has 0 aliphatic heterocycles. The number of anilines is 2. The Hall–Kier alpha value is -1.82. The quantitative estimate of drug-likeness (QED) is 0.574. The van der Waals surface area contributed by atoms with E-state index in [1.54, 1.807) is 25.2 Å². The molecule has 1 aromatic rings. The fourth-order valence-corrected chi connectivity index (χ4v) is 2.82. The second kappa shape index (κ2) is 6.30. The van der Waals surface area contributed by atoms with Crippen LogP contribution in [0.5, 0.6) is 0 Å². The summed E-state index contributed by atoms with van der Waals surface area (Å²) in [6, 6.07) is 5.10. The van der Waals surface area contributed by atoms with Crippen LogP contribution in [0.2, 0.25) is 0 Å². The fraction of sp³-hybridized carbons (Fsp3) is 0.600. The van der Waals surface area contributed by atoms with Crippen LogP contribution in [0, 0.1) is 16.0 Å². The Bertz CT molecular complexity index is 511. The van der Waals surface area contributed by atoms with Crippen molar-refractivity contribution in [3.05, 3.63) is 28.3 Å². The third kappa shape index (κ3) is 3.64. The molecule has 1 fully saturated rings. The van der Waals surface area contributed by atoms with Gasteiger partial charge in [0.2, 0.25) is 0 Å². The minimum absolute atomic E-state index is 0.0211.